The molecule has 19 heavy (non-hydrogen) atoms. The third kappa shape index (κ3) is 1.86. The second kappa shape index (κ2) is 4.44. The summed E-state index contributed by atoms with van der Waals surface area (Å²) in [6.07, 6.45) is 0. The van der Waals surface area contributed by atoms with Gasteiger partial charge in [-0.25, -0.2) is 4.98 Å². The zero-order chi connectivity index (χ0) is 13.6. The molecule has 0 atom stereocenters. The van der Waals surface area contributed by atoms with Crippen molar-refractivity contribution in [3.8, 4) is 5.69 Å². The molecule has 96 valence electrons. The SMILES string of the molecule is Cc1cccc2c1nc(N)n2-c1cccc(Cl)c1Cl. The van der Waals surface area contributed by atoms with E-state index in [1.165, 1.54) is 0 Å². The average Bonchev–Trinajstić information content (AvgIpc) is 2.71. The highest BCUT2D eigenvalue weighted by atomic mass is 35.5. The van der Waals surface area contributed by atoms with E-state index >= 15 is 0 Å². The number of para-hydroxylation sites is 1. The molecule has 0 saturated carbocycles. The lowest BCUT2D eigenvalue weighted by Gasteiger charge is -2.09. The van der Waals surface area contributed by atoms with Crippen molar-refractivity contribution in [3.05, 3.63) is 52.0 Å². The largest absolute Gasteiger partial charge is 0.369 e. The van der Waals surface area contributed by atoms with E-state index in [-0.39, 0.29) is 0 Å². The molecule has 0 aliphatic rings. The second-order valence-electron chi connectivity index (χ2n) is 4.32. The van der Waals surface area contributed by atoms with Crippen molar-refractivity contribution in [3.63, 3.8) is 0 Å². The van der Waals surface area contributed by atoms with E-state index in [4.69, 9.17) is 28.9 Å². The first kappa shape index (κ1) is 12.3. The highest BCUT2D eigenvalue weighted by Crippen LogP contribution is 2.33. The van der Waals surface area contributed by atoms with Crippen molar-refractivity contribution in [2.45, 2.75) is 6.92 Å². The van der Waals surface area contributed by atoms with Gasteiger partial charge < -0.3 is 5.73 Å². The summed E-state index contributed by atoms with van der Waals surface area (Å²) in [5.41, 5.74) is 9.62. The molecule has 0 radical (unpaired) electrons. The second-order valence-corrected chi connectivity index (χ2v) is 5.11. The van der Waals surface area contributed by atoms with Crippen LogP contribution in [0.2, 0.25) is 10.0 Å². The summed E-state index contributed by atoms with van der Waals surface area (Å²) >= 11 is 12.3. The maximum absolute atomic E-state index is 6.26. The number of nitrogens with zero attached hydrogens (tertiary/aromatic N) is 2. The molecule has 2 N–H and O–H groups in total. The number of fused-ring (bicyclic) bond motifs is 1. The van der Waals surface area contributed by atoms with Crippen LogP contribution in [0.15, 0.2) is 36.4 Å². The summed E-state index contributed by atoms with van der Waals surface area (Å²) in [7, 11) is 0. The lowest BCUT2D eigenvalue weighted by molar-refractivity contribution is 1.11. The molecule has 0 spiro atoms. The fraction of sp³-hybridized carbons (Fsp3) is 0.0714. The van der Waals surface area contributed by atoms with Crippen molar-refractivity contribution < 1.29 is 0 Å². The fourth-order valence-electron chi connectivity index (χ4n) is 2.18. The zero-order valence-corrected chi connectivity index (χ0v) is 11.7. The van der Waals surface area contributed by atoms with Crippen LogP contribution in [-0.4, -0.2) is 9.55 Å². The van der Waals surface area contributed by atoms with Gasteiger partial charge in [0, 0.05) is 0 Å². The molecule has 0 fully saturated rings. The van der Waals surface area contributed by atoms with Gasteiger partial charge in [0.2, 0.25) is 5.95 Å². The Hall–Kier alpha value is -1.71. The van der Waals surface area contributed by atoms with Gasteiger partial charge in [0.1, 0.15) is 0 Å². The first-order chi connectivity index (χ1) is 9.09. The van der Waals surface area contributed by atoms with Crippen molar-refractivity contribution in [2.24, 2.45) is 0 Å². The highest BCUT2D eigenvalue weighted by molar-refractivity contribution is 6.43. The molecule has 3 rings (SSSR count). The fourth-order valence-corrected chi connectivity index (χ4v) is 2.56. The normalized spacial score (nSPS) is 11.1. The zero-order valence-electron chi connectivity index (χ0n) is 10.2. The van der Waals surface area contributed by atoms with E-state index in [2.05, 4.69) is 4.98 Å². The molecule has 0 bridgehead atoms. The molecule has 0 aliphatic carbocycles. The van der Waals surface area contributed by atoms with Crippen LogP contribution < -0.4 is 5.73 Å². The number of hydrogen-bond acceptors (Lipinski definition) is 2. The van der Waals surface area contributed by atoms with E-state index in [9.17, 15) is 0 Å². The van der Waals surface area contributed by atoms with Gasteiger partial charge in [-0.1, -0.05) is 41.4 Å². The first-order valence-electron chi connectivity index (χ1n) is 5.77. The number of imidazole rings is 1. The third-order valence-electron chi connectivity index (χ3n) is 3.08. The van der Waals surface area contributed by atoms with Crippen LogP contribution in [0.25, 0.3) is 16.7 Å². The Morgan fingerprint density at radius 1 is 1.11 bits per heavy atom. The van der Waals surface area contributed by atoms with Gasteiger partial charge in [-0.2, -0.15) is 0 Å². The van der Waals surface area contributed by atoms with E-state index in [0.29, 0.717) is 16.0 Å². The number of halogens is 2. The minimum atomic E-state index is 0.397. The highest BCUT2D eigenvalue weighted by Gasteiger charge is 2.14. The molecular formula is C14H11Cl2N3. The molecular weight excluding hydrogens is 281 g/mol. The monoisotopic (exact) mass is 291 g/mol. The summed E-state index contributed by atoms with van der Waals surface area (Å²) in [5, 5.41) is 0.963. The minimum Gasteiger partial charge on any atom is -0.369 e. The summed E-state index contributed by atoms with van der Waals surface area (Å²) in [6.45, 7) is 2.00. The van der Waals surface area contributed by atoms with E-state index < -0.39 is 0 Å². The Morgan fingerprint density at radius 2 is 1.84 bits per heavy atom. The van der Waals surface area contributed by atoms with Gasteiger partial charge >= 0.3 is 0 Å². The van der Waals surface area contributed by atoms with Crippen LogP contribution in [-0.2, 0) is 0 Å². The number of aromatic nitrogens is 2. The third-order valence-corrected chi connectivity index (χ3v) is 3.89. The standard InChI is InChI=1S/C14H11Cl2N3/c1-8-4-2-7-11-13(8)18-14(17)19(11)10-6-3-5-9(15)12(10)16/h2-7H,1H3,(H2,17,18). The molecule has 5 heteroatoms. The van der Waals surface area contributed by atoms with Crippen molar-refractivity contribution in [1.82, 2.24) is 9.55 Å². The Kier molecular flexibility index (Phi) is 2.88. The van der Waals surface area contributed by atoms with Crippen LogP contribution in [0.5, 0.6) is 0 Å². The van der Waals surface area contributed by atoms with Gasteiger partial charge in [0.15, 0.2) is 0 Å². The molecule has 1 aromatic heterocycles. The van der Waals surface area contributed by atoms with Crippen LogP contribution in [0.3, 0.4) is 0 Å². The Morgan fingerprint density at radius 3 is 2.63 bits per heavy atom. The number of anilines is 1. The topological polar surface area (TPSA) is 43.8 Å². The molecule has 0 aliphatic heterocycles. The Bertz CT molecular complexity index is 778. The predicted octanol–water partition coefficient (Wildman–Crippen LogP) is 4.22. The van der Waals surface area contributed by atoms with Gasteiger partial charge in [0.25, 0.3) is 0 Å². The Labute approximate surface area is 120 Å². The molecule has 3 aromatic rings. The number of nitrogen functional groups attached to an aromatic ring is 1. The molecule has 3 nitrogen and oxygen atoms in total. The molecule has 1 heterocycles. The van der Waals surface area contributed by atoms with Crippen LogP contribution >= 0.6 is 23.2 Å². The van der Waals surface area contributed by atoms with Crippen molar-refractivity contribution in [1.29, 1.82) is 0 Å². The maximum Gasteiger partial charge on any atom is 0.205 e. The summed E-state index contributed by atoms with van der Waals surface area (Å²) < 4.78 is 1.82. The molecule has 0 saturated heterocycles. The number of benzene rings is 2. The number of nitrogens with two attached hydrogens (primary N) is 1. The summed E-state index contributed by atoms with van der Waals surface area (Å²) in [4.78, 5) is 4.40. The van der Waals surface area contributed by atoms with Gasteiger partial charge in [-0.05, 0) is 30.7 Å². The molecule has 0 unspecified atom stereocenters. The van der Waals surface area contributed by atoms with E-state index in [1.807, 2.05) is 41.8 Å². The van der Waals surface area contributed by atoms with E-state index in [1.54, 1.807) is 6.07 Å². The predicted molar refractivity (Wildman–Crippen MR) is 80.2 cm³/mol. The Balaban J connectivity index is 2.40. The van der Waals surface area contributed by atoms with Crippen molar-refractivity contribution >= 4 is 40.2 Å². The first-order valence-corrected chi connectivity index (χ1v) is 6.53. The summed E-state index contributed by atoms with van der Waals surface area (Å²) in [5.74, 6) is 0.397. The van der Waals surface area contributed by atoms with E-state index in [0.717, 1.165) is 22.3 Å². The van der Waals surface area contributed by atoms with Crippen LogP contribution in [0, 0.1) is 6.92 Å². The molecule has 0 amide bonds. The minimum absolute atomic E-state index is 0.397. The maximum atomic E-state index is 6.26. The quantitative estimate of drug-likeness (QED) is 0.729. The number of rotatable bonds is 1. The lowest BCUT2D eigenvalue weighted by atomic mass is 10.2. The van der Waals surface area contributed by atoms with Gasteiger partial charge in [-0.3, -0.25) is 4.57 Å². The smallest absolute Gasteiger partial charge is 0.205 e. The lowest BCUT2D eigenvalue weighted by Crippen LogP contribution is -2.01. The number of aryl methyl sites for hydroxylation is 1. The number of hydrogen-bond donors (Lipinski definition) is 1. The molecule has 2 aromatic carbocycles. The summed E-state index contributed by atoms with van der Waals surface area (Å²) in [6, 6.07) is 11.4. The van der Waals surface area contributed by atoms with Crippen LogP contribution in [0.1, 0.15) is 5.56 Å². The van der Waals surface area contributed by atoms with Gasteiger partial charge in [0.05, 0.1) is 26.8 Å². The van der Waals surface area contributed by atoms with Crippen LogP contribution in [0.4, 0.5) is 5.95 Å². The average molecular weight is 292 g/mol. The van der Waals surface area contributed by atoms with Gasteiger partial charge in [-0.15, -0.1) is 0 Å². The van der Waals surface area contributed by atoms with Crippen molar-refractivity contribution in [2.75, 3.05) is 5.73 Å².